The van der Waals surface area contributed by atoms with Gasteiger partial charge < -0.3 is 24.4 Å². The average Bonchev–Trinajstić information content (AvgIpc) is 3.14. The number of aryl methyl sites for hydroxylation is 1. The lowest BCUT2D eigenvalue weighted by Crippen LogP contribution is -2.28. The fourth-order valence-electron chi connectivity index (χ4n) is 3.44. The van der Waals surface area contributed by atoms with Crippen LogP contribution < -0.4 is 24.4 Å². The van der Waals surface area contributed by atoms with Crippen molar-refractivity contribution in [1.29, 1.82) is 0 Å². The number of ether oxygens (including phenoxy) is 3. The van der Waals surface area contributed by atoms with Crippen LogP contribution in [0.4, 0.5) is 11.4 Å². The Bertz CT molecular complexity index is 870. The highest BCUT2D eigenvalue weighted by Gasteiger charge is 2.35. The van der Waals surface area contributed by atoms with Gasteiger partial charge in [0.15, 0.2) is 11.5 Å². The number of nitrogens with zero attached hydrogens (tertiary/aromatic N) is 1. The molecule has 1 unspecified atom stereocenters. The first-order chi connectivity index (χ1) is 14.0. The molecule has 0 bridgehead atoms. The van der Waals surface area contributed by atoms with Crippen LogP contribution in [0.1, 0.15) is 18.9 Å². The van der Waals surface area contributed by atoms with E-state index in [4.69, 9.17) is 14.2 Å². The molecule has 2 aromatic rings. The highest BCUT2D eigenvalue weighted by Crippen LogP contribution is 2.40. The molecule has 29 heavy (non-hydrogen) atoms. The molecule has 154 valence electrons. The first-order valence-corrected chi connectivity index (χ1v) is 9.50. The molecule has 0 spiro atoms. The Morgan fingerprint density at radius 1 is 1.07 bits per heavy atom. The zero-order valence-electron chi connectivity index (χ0n) is 17.2. The van der Waals surface area contributed by atoms with Crippen molar-refractivity contribution >= 4 is 23.2 Å². The largest absolute Gasteiger partial charge is 0.493 e. The highest BCUT2D eigenvalue weighted by atomic mass is 16.5. The number of methoxy groups -OCH3 is 3. The lowest BCUT2D eigenvalue weighted by molar-refractivity contribution is -0.122. The van der Waals surface area contributed by atoms with Crippen molar-refractivity contribution in [2.75, 3.05) is 38.1 Å². The summed E-state index contributed by atoms with van der Waals surface area (Å²) in [7, 11) is 4.55. The normalized spacial score (nSPS) is 15.9. The summed E-state index contributed by atoms with van der Waals surface area (Å²) in [6, 6.07) is 11.2. The van der Waals surface area contributed by atoms with E-state index < -0.39 is 5.92 Å². The number of carbonyl (C=O) groups excluding carboxylic acids is 2. The van der Waals surface area contributed by atoms with Crippen molar-refractivity contribution in [3.05, 3.63) is 42.0 Å². The average molecular weight is 398 g/mol. The molecule has 7 nitrogen and oxygen atoms in total. The van der Waals surface area contributed by atoms with Gasteiger partial charge in [-0.25, -0.2) is 0 Å². The van der Waals surface area contributed by atoms with Gasteiger partial charge in [0, 0.05) is 36.5 Å². The summed E-state index contributed by atoms with van der Waals surface area (Å²) in [5.41, 5.74) is 2.54. The molecule has 1 aliphatic rings. The number of carbonyl (C=O) groups is 2. The lowest BCUT2D eigenvalue weighted by atomic mass is 10.1. The Hall–Kier alpha value is -3.22. The van der Waals surface area contributed by atoms with Crippen LogP contribution in [0.25, 0.3) is 0 Å². The van der Waals surface area contributed by atoms with E-state index in [1.807, 2.05) is 24.3 Å². The van der Waals surface area contributed by atoms with Crippen LogP contribution in [0.5, 0.6) is 17.2 Å². The maximum atomic E-state index is 12.8. The van der Waals surface area contributed by atoms with Gasteiger partial charge >= 0.3 is 0 Å². The molecule has 7 heteroatoms. The fraction of sp³-hybridized carbons (Fsp3) is 0.364. The van der Waals surface area contributed by atoms with Crippen molar-refractivity contribution in [2.24, 2.45) is 5.92 Å². The van der Waals surface area contributed by atoms with Crippen LogP contribution in [-0.2, 0) is 16.0 Å². The lowest BCUT2D eigenvalue weighted by Gasteiger charge is -2.18. The van der Waals surface area contributed by atoms with Crippen molar-refractivity contribution < 1.29 is 23.8 Å². The molecule has 0 aliphatic carbocycles. The Kier molecular flexibility index (Phi) is 6.26. The topological polar surface area (TPSA) is 77.1 Å². The standard InChI is InChI=1S/C22H26N2O5/c1-5-14-6-8-17(9-7-14)24-13-15(10-20(24)25)22(26)23-16-11-18(27-2)21(29-4)19(12-16)28-3/h6-9,11-12,15H,5,10,13H2,1-4H3,(H,23,26). The third-order valence-electron chi connectivity index (χ3n) is 5.08. The smallest absolute Gasteiger partial charge is 0.229 e. The van der Waals surface area contributed by atoms with Gasteiger partial charge in [0.25, 0.3) is 0 Å². The quantitative estimate of drug-likeness (QED) is 0.775. The van der Waals surface area contributed by atoms with Crippen LogP contribution in [-0.4, -0.2) is 39.7 Å². The van der Waals surface area contributed by atoms with Gasteiger partial charge in [-0.15, -0.1) is 0 Å². The van der Waals surface area contributed by atoms with Crippen LogP contribution in [0.3, 0.4) is 0 Å². The maximum Gasteiger partial charge on any atom is 0.229 e. The monoisotopic (exact) mass is 398 g/mol. The molecule has 1 saturated heterocycles. The van der Waals surface area contributed by atoms with Crippen LogP contribution in [0, 0.1) is 5.92 Å². The van der Waals surface area contributed by atoms with E-state index in [-0.39, 0.29) is 18.2 Å². The Morgan fingerprint density at radius 3 is 2.21 bits per heavy atom. The minimum Gasteiger partial charge on any atom is -0.493 e. The molecule has 1 heterocycles. The summed E-state index contributed by atoms with van der Waals surface area (Å²) in [4.78, 5) is 26.9. The van der Waals surface area contributed by atoms with Gasteiger partial charge in [-0.05, 0) is 24.1 Å². The number of anilines is 2. The molecule has 1 N–H and O–H groups in total. The summed E-state index contributed by atoms with van der Waals surface area (Å²) in [6.45, 7) is 2.43. The maximum absolute atomic E-state index is 12.8. The number of amides is 2. The molecule has 1 aliphatic heterocycles. The first kappa shape index (κ1) is 20.5. The van der Waals surface area contributed by atoms with E-state index in [1.54, 1.807) is 17.0 Å². The zero-order chi connectivity index (χ0) is 21.0. The van der Waals surface area contributed by atoms with Gasteiger partial charge in [0.1, 0.15) is 0 Å². The number of benzene rings is 2. The minimum atomic E-state index is -0.438. The molecule has 2 aromatic carbocycles. The van der Waals surface area contributed by atoms with E-state index >= 15 is 0 Å². The molecule has 0 saturated carbocycles. The summed E-state index contributed by atoms with van der Waals surface area (Å²) in [6.07, 6.45) is 1.11. The summed E-state index contributed by atoms with van der Waals surface area (Å²) in [5, 5.41) is 2.86. The van der Waals surface area contributed by atoms with Gasteiger partial charge in [-0.3, -0.25) is 9.59 Å². The molecule has 0 aromatic heterocycles. The number of hydrogen-bond acceptors (Lipinski definition) is 5. The van der Waals surface area contributed by atoms with E-state index in [2.05, 4.69) is 12.2 Å². The van der Waals surface area contributed by atoms with E-state index in [0.29, 0.717) is 29.5 Å². The van der Waals surface area contributed by atoms with E-state index in [0.717, 1.165) is 12.1 Å². The first-order valence-electron chi connectivity index (χ1n) is 9.50. The fourth-order valence-corrected chi connectivity index (χ4v) is 3.44. The number of nitrogens with one attached hydrogen (secondary N) is 1. The third-order valence-corrected chi connectivity index (χ3v) is 5.08. The van der Waals surface area contributed by atoms with E-state index in [9.17, 15) is 9.59 Å². The third kappa shape index (κ3) is 4.29. The predicted molar refractivity (Wildman–Crippen MR) is 111 cm³/mol. The predicted octanol–water partition coefficient (Wildman–Crippen LogP) is 3.27. The number of rotatable bonds is 7. The molecule has 0 radical (unpaired) electrons. The second kappa shape index (κ2) is 8.86. The summed E-state index contributed by atoms with van der Waals surface area (Å²) < 4.78 is 15.9. The van der Waals surface area contributed by atoms with Crippen LogP contribution in [0.2, 0.25) is 0 Å². The summed E-state index contributed by atoms with van der Waals surface area (Å²) >= 11 is 0. The van der Waals surface area contributed by atoms with Gasteiger partial charge in [0.05, 0.1) is 27.2 Å². The molecular formula is C22H26N2O5. The van der Waals surface area contributed by atoms with Crippen molar-refractivity contribution in [2.45, 2.75) is 19.8 Å². The number of hydrogen-bond donors (Lipinski definition) is 1. The van der Waals surface area contributed by atoms with Crippen LogP contribution in [0.15, 0.2) is 36.4 Å². The van der Waals surface area contributed by atoms with Crippen LogP contribution >= 0.6 is 0 Å². The molecule has 1 fully saturated rings. The molecule has 2 amide bonds. The second-order valence-corrected chi connectivity index (χ2v) is 6.83. The Labute approximate surface area is 170 Å². The Morgan fingerprint density at radius 2 is 1.69 bits per heavy atom. The summed E-state index contributed by atoms with van der Waals surface area (Å²) in [5.74, 6) is 0.627. The van der Waals surface area contributed by atoms with E-state index in [1.165, 1.54) is 26.9 Å². The van der Waals surface area contributed by atoms with Crippen molar-refractivity contribution in [3.63, 3.8) is 0 Å². The molecule has 1 atom stereocenters. The Balaban J connectivity index is 1.73. The molecule has 3 rings (SSSR count). The SMILES string of the molecule is CCc1ccc(N2CC(C(=O)Nc3cc(OC)c(OC)c(OC)c3)CC2=O)cc1. The van der Waals surface area contributed by atoms with Gasteiger partial charge in [0.2, 0.25) is 17.6 Å². The van der Waals surface area contributed by atoms with Crippen molar-refractivity contribution in [1.82, 2.24) is 0 Å². The minimum absolute atomic E-state index is 0.0562. The highest BCUT2D eigenvalue weighted by molar-refractivity contribution is 6.03. The van der Waals surface area contributed by atoms with Gasteiger partial charge in [-0.2, -0.15) is 0 Å². The van der Waals surface area contributed by atoms with Crippen molar-refractivity contribution in [3.8, 4) is 17.2 Å². The zero-order valence-corrected chi connectivity index (χ0v) is 17.2. The van der Waals surface area contributed by atoms with Gasteiger partial charge in [-0.1, -0.05) is 19.1 Å². The second-order valence-electron chi connectivity index (χ2n) is 6.83. The molecular weight excluding hydrogens is 372 g/mol.